The lowest BCUT2D eigenvalue weighted by Gasteiger charge is -2.32. The van der Waals surface area contributed by atoms with Crippen LogP contribution in [0, 0.1) is 0 Å². The van der Waals surface area contributed by atoms with Gasteiger partial charge in [0.2, 0.25) is 0 Å². The van der Waals surface area contributed by atoms with Crippen LogP contribution in [0.15, 0.2) is 48.8 Å². The fourth-order valence-electron chi connectivity index (χ4n) is 2.69. The van der Waals surface area contributed by atoms with Gasteiger partial charge in [-0.05, 0) is 52.0 Å². The van der Waals surface area contributed by atoms with Crippen molar-refractivity contribution >= 4 is 24.3 Å². The van der Waals surface area contributed by atoms with E-state index in [2.05, 4.69) is 48.9 Å². The highest BCUT2D eigenvalue weighted by Gasteiger charge is 2.54. The highest BCUT2D eigenvalue weighted by atomic mass is 16.7. The molecule has 3 rings (SSSR count). The van der Waals surface area contributed by atoms with Crippen molar-refractivity contribution < 1.29 is 9.31 Å². The lowest BCUT2D eigenvalue weighted by atomic mass is 9.90. The molecule has 1 aliphatic heterocycles. The van der Waals surface area contributed by atoms with E-state index >= 15 is 0 Å². The Bertz CT molecular complexity index is 690. The number of para-hydroxylation sites is 2. The molecule has 0 spiro atoms. The highest BCUT2D eigenvalue weighted by Crippen LogP contribution is 2.42. The van der Waals surface area contributed by atoms with E-state index in [4.69, 9.17) is 9.31 Å². The predicted octanol–water partition coefficient (Wildman–Crippen LogP) is 3.85. The quantitative estimate of drug-likeness (QED) is 0.865. The molecule has 0 bridgehead atoms. The van der Waals surface area contributed by atoms with E-state index in [-0.39, 0.29) is 0 Å². The van der Waals surface area contributed by atoms with Crippen LogP contribution >= 0.6 is 0 Å². The Morgan fingerprint density at radius 3 is 2.12 bits per heavy atom. The van der Waals surface area contributed by atoms with Crippen LogP contribution in [0.3, 0.4) is 0 Å². The summed E-state index contributed by atoms with van der Waals surface area (Å²) in [6.45, 7) is 8.23. The maximum absolute atomic E-state index is 6.29. The van der Waals surface area contributed by atoms with Crippen LogP contribution in [0.2, 0.25) is 0 Å². The molecule has 2 aromatic rings. The molecule has 1 saturated heterocycles. The number of nitrogens with zero attached hydrogens (tertiary/aromatic N) is 2. The van der Waals surface area contributed by atoms with Crippen molar-refractivity contribution in [3.63, 3.8) is 0 Å². The number of hydrogen-bond donors (Lipinski definition) is 1. The fraction of sp³-hybridized carbons (Fsp3) is 0.389. The average Bonchev–Trinajstić information content (AvgIpc) is 2.77. The molecule has 0 unspecified atom stereocenters. The minimum Gasteiger partial charge on any atom is -0.386 e. The van der Waals surface area contributed by atoms with Gasteiger partial charge in [0.25, 0.3) is 0 Å². The third kappa shape index (κ3) is 2.87. The Morgan fingerprint density at radius 2 is 1.54 bits per heavy atom. The molecule has 1 aliphatic rings. The van der Waals surface area contributed by atoms with Crippen LogP contribution in [-0.4, -0.2) is 30.5 Å². The summed E-state index contributed by atoms with van der Waals surface area (Å²) in [6, 6.07) is 12.0. The van der Waals surface area contributed by atoms with Gasteiger partial charge >= 0.3 is 7.25 Å². The predicted molar refractivity (Wildman–Crippen MR) is 98.4 cm³/mol. The number of rotatable bonds is 4. The highest BCUT2D eigenvalue weighted by molar-refractivity contribution is 6.53. The van der Waals surface area contributed by atoms with E-state index in [1.165, 1.54) is 0 Å². The first-order valence-electron chi connectivity index (χ1n) is 8.17. The molecule has 1 fully saturated rings. The second kappa shape index (κ2) is 6.11. The van der Waals surface area contributed by atoms with E-state index in [1.54, 1.807) is 12.4 Å². The molecule has 1 N–H and O–H groups in total. The smallest absolute Gasteiger partial charge is 0.386 e. The summed E-state index contributed by atoms with van der Waals surface area (Å²) >= 11 is 0. The van der Waals surface area contributed by atoms with Crippen molar-refractivity contribution in [1.29, 1.82) is 0 Å². The first-order valence-corrected chi connectivity index (χ1v) is 8.17. The number of aromatic nitrogens is 1. The maximum Gasteiger partial charge on any atom is 0.599 e. The Hall–Kier alpha value is -2.05. The summed E-state index contributed by atoms with van der Waals surface area (Å²) < 4.78 is 12.6. The Labute approximate surface area is 144 Å². The van der Waals surface area contributed by atoms with Crippen molar-refractivity contribution in [2.24, 2.45) is 0 Å². The van der Waals surface area contributed by atoms with Crippen molar-refractivity contribution in [1.82, 2.24) is 4.98 Å². The van der Waals surface area contributed by atoms with E-state index in [9.17, 15) is 0 Å². The van der Waals surface area contributed by atoms with E-state index in [0.717, 1.165) is 17.1 Å². The first kappa shape index (κ1) is 16.8. The van der Waals surface area contributed by atoms with Crippen LogP contribution in [0.1, 0.15) is 27.7 Å². The van der Waals surface area contributed by atoms with Crippen molar-refractivity contribution in [3.05, 3.63) is 48.8 Å². The fourth-order valence-corrected chi connectivity index (χ4v) is 2.69. The van der Waals surface area contributed by atoms with Crippen LogP contribution in [0.5, 0.6) is 0 Å². The molecule has 1 aromatic heterocycles. The van der Waals surface area contributed by atoms with Gasteiger partial charge in [-0.2, -0.15) is 0 Å². The van der Waals surface area contributed by atoms with E-state index < -0.39 is 18.5 Å². The maximum atomic E-state index is 6.29. The van der Waals surface area contributed by atoms with Gasteiger partial charge in [0.1, 0.15) is 0 Å². The molecular formula is C18H24BN3O2. The van der Waals surface area contributed by atoms with Gasteiger partial charge in [-0.3, -0.25) is 4.98 Å². The van der Waals surface area contributed by atoms with Crippen LogP contribution < -0.4 is 10.1 Å². The minimum atomic E-state index is -0.521. The molecule has 0 saturated carbocycles. The molecule has 0 aliphatic carbocycles. The van der Waals surface area contributed by atoms with Gasteiger partial charge in [-0.25, -0.2) is 0 Å². The molecule has 0 radical (unpaired) electrons. The second-order valence-electron chi connectivity index (χ2n) is 6.91. The first-order chi connectivity index (χ1) is 11.4. The number of nitrogens with one attached hydrogen (secondary N) is 1. The second-order valence-corrected chi connectivity index (χ2v) is 6.91. The van der Waals surface area contributed by atoms with Gasteiger partial charge in [0.05, 0.1) is 22.6 Å². The van der Waals surface area contributed by atoms with Crippen molar-refractivity contribution in [2.45, 2.75) is 38.9 Å². The monoisotopic (exact) mass is 325 g/mol. The molecule has 24 heavy (non-hydrogen) atoms. The summed E-state index contributed by atoms with van der Waals surface area (Å²) in [4.78, 5) is 6.18. The Morgan fingerprint density at radius 1 is 0.958 bits per heavy atom. The zero-order valence-electron chi connectivity index (χ0n) is 14.9. The summed E-state index contributed by atoms with van der Waals surface area (Å²) in [5.41, 5.74) is 2.15. The standard InChI is InChI=1S/C18H24BN3O2/c1-17(2)18(3,4)24-19(23-17)22(14-10-12-21-13-11-14)16-9-7-6-8-15(16)20-5/h6-13,20H,1-5H3. The van der Waals surface area contributed by atoms with E-state index in [1.807, 2.05) is 37.4 Å². The number of anilines is 3. The topological polar surface area (TPSA) is 46.6 Å². The summed E-state index contributed by atoms with van der Waals surface area (Å²) in [5, 5.41) is 3.24. The zero-order valence-corrected chi connectivity index (χ0v) is 14.9. The molecule has 1 aromatic carbocycles. The van der Waals surface area contributed by atoms with Gasteiger partial charge in [-0.1, -0.05) is 12.1 Å². The third-order valence-corrected chi connectivity index (χ3v) is 4.83. The Balaban J connectivity index is 2.08. The van der Waals surface area contributed by atoms with Gasteiger partial charge < -0.3 is 19.4 Å². The summed E-state index contributed by atoms with van der Waals surface area (Å²) in [6.07, 6.45) is 3.55. The molecule has 0 atom stereocenters. The number of pyridine rings is 1. The summed E-state index contributed by atoms with van der Waals surface area (Å²) in [5.74, 6) is 0. The number of hydrogen-bond acceptors (Lipinski definition) is 5. The zero-order chi connectivity index (χ0) is 17.4. The van der Waals surface area contributed by atoms with Gasteiger partial charge in [0.15, 0.2) is 0 Å². The molecule has 6 heteroatoms. The molecule has 2 heterocycles. The third-order valence-electron chi connectivity index (χ3n) is 4.83. The lowest BCUT2D eigenvalue weighted by Crippen LogP contribution is -2.41. The molecule has 5 nitrogen and oxygen atoms in total. The molecule has 126 valence electrons. The molecule has 0 amide bonds. The minimum absolute atomic E-state index is 0.405. The van der Waals surface area contributed by atoms with Gasteiger partial charge in [0, 0.05) is 25.1 Å². The largest absolute Gasteiger partial charge is 0.599 e. The average molecular weight is 325 g/mol. The van der Waals surface area contributed by atoms with E-state index in [0.29, 0.717) is 0 Å². The van der Waals surface area contributed by atoms with Crippen molar-refractivity contribution in [2.75, 3.05) is 17.2 Å². The van der Waals surface area contributed by atoms with Gasteiger partial charge in [-0.15, -0.1) is 0 Å². The lowest BCUT2D eigenvalue weighted by molar-refractivity contribution is 0.00578. The normalized spacial score (nSPS) is 18.5. The van der Waals surface area contributed by atoms with Crippen molar-refractivity contribution in [3.8, 4) is 0 Å². The molecular weight excluding hydrogens is 301 g/mol. The summed E-state index contributed by atoms with van der Waals surface area (Å²) in [7, 11) is 1.39. The van der Waals surface area contributed by atoms with Crippen LogP contribution in [-0.2, 0) is 9.31 Å². The number of benzene rings is 1. The SMILES string of the molecule is CNc1ccccc1N(B1OC(C)(C)C(C)(C)O1)c1ccncc1. The van der Waals surface area contributed by atoms with Crippen LogP contribution in [0.4, 0.5) is 17.1 Å². The van der Waals surface area contributed by atoms with Crippen LogP contribution in [0.25, 0.3) is 0 Å². The Kier molecular flexibility index (Phi) is 4.28.